The molecule has 3 aromatic rings. The lowest BCUT2D eigenvalue weighted by Gasteiger charge is -2.16. The van der Waals surface area contributed by atoms with E-state index in [1.165, 1.54) is 9.47 Å². The number of anilines is 1. The first-order valence-electron chi connectivity index (χ1n) is 8.00. The number of nitrogens with zero attached hydrogens (tertiary/aromatic N) is 2. The third kappa shape index (κ3) is 4.22. The van der Waals surface area contributed by atoms with Crippen LogP contribution in [-0.2, 0) is 26.1 Å². The fourth-order valence-electron chi connectivity index (χ4n) is 2.93. The van der Waals surface area contributed by atoms with Gasteiger partial charge in [-0.15, -0.1) is 0 Å². The largest absolute Gasteiger partial charge is 0.452 e. The van der Waals surface area contributed by atoms with E-state index in [1.807, 2.05) is 0 Å². The van der Waals surface area contributed by atoms with Crippen molar-refractivity contribution < 1.29 is 39.3 Å². The van der Waals surface area contributed by atoms with Gasteiger partial charge < -0.3 is 13.7 Å². The van der Waals surface area contributed by atoms with Crippen LogP contribution in [0.5, 0.6) is 0 Å². The number of fused-ring (bicyclic) bond motifs is 2. The molecule has 10 nitrogen and oxygen atoms in total. The van der Waals surface area contributed by atoms with Gasteiger partial charge in [-0.25, -0.2) is 0 Å². The second-order valence-corrected chi connectivity index (χ2v) is 11.2. The Balaban J connectivity index is 1.84. The Labute approximate surface area is 173 Å². The Morgan fingerprint density at radius 2 is 1.79 bits per heavy atom. The zero-order chi connectivity index (χ0) is 21.1. The van der Waals surface area contributed by atoms with Crippen LogP contribution in [0, 0.1) is 13.8 Å². The maximum Gasteiger partial charge on any atom is 0.326 e. The molecule has 0 saturated heterocycles. The van der Waals surface area contributed by atoms with Crippen LogP contribution >= 0.6 is 23.1 Å². The number of hydrogen-bond donors (Lipinski definition) is 2. The van der Waals surface area contributed by atoms with Gasteiger partial charge in [0, 0.05) is 6.07 Å². The van der Waals surface area contributed by atoms with Crippen LogP contribution < -0.4 is 9.47 Å². The molecule has 0 unspecified atom stereocenters. The smallest absolute Gasteiger partial charge is 0.326 e. The van der Waals surface area contributed by atoms with E-state index >= 15 is 0 Å². The van der Waals surface area contributed by atoms with Crippen molar-refractivity contribution in [2.24, 2.45) is 0 Å². The minimum Gasteiger partial charge on any atom is -0.452 e. The second kappa shape index (κ2) is 6.85. The lowest BCUT2D eigenvalue weighted by molar-refractivity contribution is -0.649. The number of aromatic nitrogens is 1. The molecule has 0 aromatic carbocycles. The molecule has 0 aliphatic carbocycles. The van der Waals surface area contributed by atoms with Crippen LogP contribution in [0.4, 0.5) is 5.69 Å². The lowest BCUT2D eigenvalue weighted by Crippen LogP contribution is -2.39. The molecular formula is C15H15N2O8S4+. The maximum absolute atomic E-state index is 11.5. The van der Waals surface area contributed by atoms with E-state index in [0.717, 1.165) is 23.1 Å². The van der Waals surface area contributed by atoms with Crippen molar-refractivity contribution in [1.82, 2.24) is 0 Å². The average Bonchev–Trinajstić information content (AvgIpc) is 3.22. The lowest BCUT2D eigenvalue weighted by atomic mass is 10.4. The molecular weight excluding hydrogens is 464 g/mol. The van der Waals surface area contributed by atoms with E-state index in [2.05, 4.69) is 0 Å². The fraction of sp³-hybridized carbons (Fsp3) is 0.267. The summed E-state index contributed by atoms with van der Waals surface area (Å²) in [5.74, 6) is -0.243. The molecule has 0 bridgehead atoms. The number of rotatable bonds is 5. The summed E-state index contributed by atoms with van der Waals surface area (Å²) in [6, 6.07) is 3.29. The molecule has 0 spiro atoms. The number of aryl methyl sites for hydroxylation is 2. The molecule has 4 rings (SSSR count). The molecule has 0 saturated carbocycles. The van der Waals surface area contributed by atoms with Crippen molar-refractivity contribution in [3.8, 4) is 0 Å². The molecule has 3 aromatic heterocycles. The van der Waals surface area contributed by atoms with Gasteiger partial charge in [0.05, 0.1) is 22.9 Å². The van der Waals surface area contributed by atoms with E-state index in [-0.39, 0.29) is 0 Å². The highest BCUT2D eigenvalue weighted by atomic mass is 32.2. The Morgan fingerprint density at radius 1 is 1.10 bits per heavy atom. The van der Waals surface area contributed by atoms with Gasteiger partial charge >= 0.3 is 10.1 Å². The van der Waals surface area contributed by atoms with Gasteiger partial charge in [-0.05, 0) is 36.9 Å². The van der Waals surface area contributed by atoms with Gasteiger partial charge in [-0.1, -0.05) is 0 Å². The van der Waals surface area contributed by atoms with Crippen LogP contribution in [0.2, 0.25) is 0 Å². The molecule has 0 atom stereocenters. The number of hydrogen-bond acceptors (Lipinski definition) is 9. The third-order valence-electron chi connectivity index (χ3n) is 3.95. The van der Waals surface area contributed by atoms with Crippen molar-refractivity contribution in [3.63, 3.8) is 0 Å². The predicted molar refractivity (Wildman–Crippen MR) is 107 cm³/mol. The normalized spacial score (nSPS) is 16.3. The van der Waals surface area contributed by atoms with Gasteiger partial charge in [0.25, 0.3) is 31.4 Å². The van der Waals surface area contributed by atoms with E-state index < -0.39 is 32.0 Å². The predicted octanol–water partition coefficient (Wildman–Crippen LogP) is 2.59. The van der Waals surface area contributed by atoms with Crippen molar-refractivity contribution in [2.45, 2.75) is 24.8 Å². The Kier molecular flexibility index (Phi) is 4.83. The highest BCUT2D eigenvalue weighted by Gasteiger charge is 2.34. The molecule has 0 amide bonds. The summed E-state index contributed by atoms with van der Waals surface area (Å²) in [5.41, 5.74) is 0.961. The number of thioether (sulfide) groups is 1. The minimum atomic E-state index is -4.35. The van der Waals surface area contributed by atoms with Gasteiger partial charge in [0.2, 0.25) is 0 Å². The minimum absolute atomic E-state index is 0.404. The van der Waals surface area contributed by atoms with E-state index in [1.54, 1.807) is 32.1 Å². The summed E-state index contributed by atoms with van der Waals surface area (Å²) in [7, 11) is -8.70. The molecule has 14 heteroatoms. The Bertz CT molecular complexity index is 1360. The molecule has 0 fully saturated rings. The van der Waals surface area contributed by atoms with Crippen LogP contribution in [0.25, 0.3) is 16.5 Å². The zero-order valence-electron chi connectivity index (χ0n) is 15.0. The first-order valence-corrected chi connectivity index (χ1v) is 12.9. The van der Waals surface area contributed by atoms with Gasteiger partial charge in [-0.2, -0.15) is 21.4 Å². The quantitative estimate of drug-likeness (QED) is 0.414. The maximum atomic E-state index is 11.5. The highest BCUT2D eigenvalue weighted by molar-refractivity contribution is 8.03. The summed E-state index contributed by atoms with van der Waals surface area (Å²) < 4.78 is 77.2. The summed E-state index contributed by atoms with van der Waals surface area (Å²) >= 11 is 2.28. The molecule has 29 heavy (non-hydrogen) atoms. The van der Waals surface area contributed by atoms with Crippen LogP contribution in [0.1, 0.15) is 16.5 Å². The standard InChI is InChI=1S/C15H14N2O8S4/c1-8-3-10-14(24-8)26-12(16(10)6-28(18,19)20)5-13-17(7-29(21,22)23)11-4-9(2)25-15(11)27-13/h3-5H,6-7H2,1-2H3,(H-,18,19,20,21,22,23)/p+1. The summed E-state index contributed by atoms with van der Waals surface area (Å²) in [6.45, 7) is 3.42. The van der Waals surface area contributed by atoms with Crippen molar-refractivity contribution in [3.05, 3.63) is 33.7 Å². The van der Waals surface area contributed by atoms with E-state index in [9.17, 15) is 25.9 Å². The van der Waals surface area contributed by atoms with Gasteiger partial charge in [-0.3, -0.25) is 9.11 Å². The van der Waals surface area contributed by atoms with E-state index in [0.29, 0.717) is 42.8 Å². The van der Waals surface area contributed by atoms with Gasteiger partial charge in [0.1, 0.15) is 11.5 Å². The summed E-state index contributed by atoms with van der Waals surface area (Å²) in [6.07, 6.45) is 1.56. The zero-order valence-corrected chi connectivity index (χ0v) is 18.3. The molecule has 2 N–H and O–H groups in total. The van der Waals surface area contributed by atoms with Crippen molar-refractivity contribution >= 4 is 65.5 Å². The summed E-state index contributed by atoms with van der Waals surface area (Å²) in [4.78, 5) is 1.81. The van der Waals surface area contributed by atoms with Crippen LogP contribution in [0.3, 0.4) is 0 Å². The van der Waals surface area contributed by atoms with E-state index in [4.69, 9.17) is 8.83 Å². The second-order valence-electron chi connectivity index (χ2n) is 6.36. The molecule has 1 aliphatic rings. The molecule has 1 aliphatic heterocycles. The van der Waals surface area contributed by atoms with Crippen molar-refractivity contribution in [2.75, 3.05) is 10.8 Å². The molecule has 4 heterocycles. The molecule has 0 radical (unpaired) electrons. The topological polar surface area (TPSA) is 142 Å². The highest BCUT2D eigenvalue weighted by Crippen LogP contribution is 2.48. The SMILES string of the molecule is Cc1cc2c(o1)SC(=Cc1sc3oc(C)cc3[n+]1CS(=O)(=O)O)N2CS(=O)(=O)O. The third-order valence-corrected chi connectivity index (χ3v) is 7.16. The van der Waals surface area contributed by atoms with Gasteiger partial charge in [0.15, 0.2) is 11.0 Å². The first-order chi connectivity index (χ1) is 13.4. The van der Waals surface area contributed by atoms with Crippen molar-refractivity contribution in [1.29, 1.82) is 0 Å². The molecule has 156 valence electrons. The number of furan rings is 2. The number of thiazole rings is 1. The monoisotopic (exact) mass is 479 g/mol. The first kappa shape index (κ1) is 20.4. The fourth-order valence-corrected chi connectivity index (χ4v) is 6.54. The Morgan fingerprint density at radius 3 is 2.45 bits per heavy atom. The summed E-state index contributed by atoms with van der Waals surface area (Å²) in [5, 5.41) is 1.26. The Hall–Kier alpha value is -1.84. The van der Waals surface area contributed by atoms with Crippen LogP contribution in [0.15, 0.2) is 31.1 Å². The van der Waals surface area contributed by atoms with Crippen LogP contribution in [-0.4, -0.2) is 31.8 Å². The average molecular weight is 480 g/mol.